The maximum Gasteiger partial charge on any atom is 0.271 e. The van der Waals surface area contributed by atoms with Crippen molar-refractivity contribution in [3.8, 4) is 11.8 Å². The Bertz CT molecular complexity index is 1260. The highest BCUT2D eigenvalue weighted by atomic mass is 35.5. The number of ether oxygens (including phenoxy) is 1. The number of nitrogens with one attached hydrogen (secondary N) is 1. The largest absolute Gasteiger partial charge is 0.494 e. The standard InChI is InChI=1S/C25H20ClN3O4/c1-2-33-24-13-17(10-11-19(24)14-18-6-3-4-9-23(18)26)12-20(16-27)25(30)28-21-7-5-8-22(15-21)29(31)32/h3-13,15H,2,14H2,1H3,(H,28,30)/b20-12+. The first-order chi connectivity index (χ1) is 15.9. The van der Waals surface area contributed by atoms with Crippen LogP contribution >= 0.6 is 11.6 Å². The smallest absolute Gasteiger partial charge is 0.271 e. The van der Waals surface area contributed by atoms with Crippen LogP contribution < -0.4 is 10.1 Å². The molecule has 0 aliphatic carbocycles. The lowest BCUT2D eigenvalue weighted by atomic mass is 10.0. The van der Waals surface area contributed by atoms with Crippen LogP contribution in [0.1, 0.15) is 23.6 Å². The molecule has 8 heteroatoms. The number of benzene rings is 3. The second-order valence-electron chi connectivity index (χ2n) is 7.00. The Kier molecular flexibility index (Phi) is 7.79. The summed E-state index contributed by atoms with van der Waals surface area (Å²) >= 11 is 6.28. The van der Waals surface area contributed by atoms with E-state index in [1.807, 2.05) is 43.3 Å². The third kappa shape index (κ3) is 6.19. The summed E-state index contributed by atoms with van der Waals surface area (Å²) in [4.78, 5) is 22.9. The molecule has 0 saturated carbocycles. The van der Waals surface area contributed by atoms with Crippen LogP contribution in [0.3, 0.4) is 0 Å². The van der Waals surface area contributed by atoms with Gasteiger partial charge < -0.3 is 10.1 Å². The molecule has 0 aliphatic rings. The normalized spacial score (nSPS) is 10.9. The first-order valence-corrected chi connectivity index (χ1v) is 10.5. The zero-order valence-corrected chi connectivity index (χ0v) is 18.5. The van der Waals surface area contributed by atoms with Gasteiger partial charge in [0, 0.05) is 29.3 Å². The fraction of sp³-hybridized carbons (Fsp3) is 0.120. The minimum absolute atomic E-state index is 0.150. The maximum atomic E-state index is 12.6. The predicted octanol–water partition coefficient (Wildman–Crippen LogP) is 5.78. The molecule has 0 fully saturated rings. The highest BCUT2D eigenvalue weighted by molar-refractivity contribution is 6.31. The van der Waals surface area contributed by atoms with E-state index in [1.54, 1.807) is 12.1 Å². The molecule has 1 amide bonds. The van der Waals surface area contributed by atoms with Crippen molar-refractivity contribution in [2.75, 3.05) is 11.9 Å². The summed E-state index contributed by atoms with van der Waals surface area (Å²) in [6.07, 6.45) is 2.01. The van der Waals surface area contributed by atoms with Gasteiger partial charge in [-0.3, -0.25) is 14.9 Å². The Morgan fingerprint density at radius 1 is 1.15 bits per heavy atom. The summed E-state index contributed by atoms with van der Waals surface area (Å²) in [6.45, 7) is 2.32. The number of rotatable bonds is 8. The first kappa shape index (κ1) is 23.5. The summed E-state index contributed by atoms with van der Waals surface area (Å²) in [5.41, 5.74) is 2.39. The van der Waals surface area contributed by atoms with Gasteiger partial charge in [-0.25, -0.2) is 0 Å². The predicted molar refractivity (Wildman–Crippen MR) is 127 cm³/mol. The lowest BCUT2D eigenvalue weighted by Gasteiger charge is -2.12. The molecular weight excluding hydrogens is 442 g/mol. The molecule has 0 radical (unpaired) electrons. The molecular formula is C25H20ClN3O4. The molecule has 0 heterocycles. The van der Waals surface area contributed by atoms with Crippen LogP contribution in [0.15, 0.2) is 72.3 Å². The average Bonchev–Trinajstić information content (AvgIpc) is 2.80. The lowest BCUT2D eigenvalue weighted by Crippen LogP contribution is -2.13. The van der Waals surface area contributed by atoms with Gasteiger partial charge in [-0.05, 0) is 47.9 Å². The molecule has 0 aromatic heterocycles. The van der Waals surface area contributed by atoms with Crippen LogP contribution in [0.5, 0.6) is 5.75 Å². The number of nitro benzene ring substituents is 1. The Balaban J connectivity index is 1.85. The number of halogens is 1. The number of amides is 1. The summed E-state index contributed by atoms with van der Waals surface area (Å²) in [7, 11) is 0. The second-order valence-corrected chi connectivity index (χ2v) is 7.41. The molecule has 0 bridgehead atoms. The fourth-order valence-electron chi connectivity index (χ4n) is 3.15. The van der Waals surface area contributed by atoms with Crippen molar-refractivity contribution in [2.24, 2.45) is 0 Å². The number of nitro groups is 1. The van der Waals surface area contributed by atoms with E-state index in [1.165, 1.54) is 30.3 Å². The summed E-state index contributed by atoms with van der Waals surface area (Å²) in [6, 6.07) is 20.3. The van der Waals surface area contributed by atoms with Crippen LogP contribution in [0.25, 0.3) is 6.08 Å². The van der Waals surface area contributed by atoms with Crippen molar-refractivity contribution in [2.45, 2.75) is 13.3 Å². The van der Waals surface area contributed by atoms with Crippen LogP contribution in [-0.2, 0) is 11.2 Å². The van der Waals surface area contributed by atoms with Gasteiger partial charge in [-0.2, -0.15) is 5.26 Å². The first-order valence-electron chi connectivity index (χ1n) is 10.1. The molecule has 0 saturated heterocycles. The molecule has 3 aromatic rings. The average molecular weight is 462 g/mol. The number of hydrogen-bond acceptors (Lipinski definition) is 5. The monoisotopic (exact) mass is 461 g/mol. The number of anilines is 1. The third-order valence-electron chi connectivity index (χ3n) is 4.72. The number of carbonyl (C=O) groups excluding carboxylic acids is 1. The lowest BCUT2D eigenvalue weighted by molar-refractivity contribution is -0.384. The van der Waals surface area contributed by atoms with E-state index in [9.17, 15) is 20.2 Å². The summed E-state index contributed by atoms with van der Waals surface area (Å²) in [5, 5.41) is 23.6. The molecule has 166 valence electrons. The van der Waals surface area contributed by atoms with Gasteiger partial charge in [0.1, 0.15) is 17.4 Å². The van der Waals surface area contributed by atoms with Crippen molar-refractivity contribution >= 4 is 35.0 Å². The van der Waals surface area contributed by atoms with E-state index in [-0.39, 0.29) is 16.9 Å². The van der Waals surface area contributed by atoms with Gasteiger partial charge in [0.2, 0.25) is 0 Å². The molecule has 0 atom stereocenters. The number of non-ortho nitro benzene ring substituents is 1. The van der Waals surface area contributed by atoms with E-state index in [0.717, 1.165) is 11.1 Å². The minimum atomic E-state index is -0.670. The zero-order valence-electron chi connectivity index (χ0n) is 17.7. The maximum absolute atomic E-state index is 12.6. The van der Waals surface area contributed by atoms with Gasteiger partial charge in [-0.1, -0.05) is 48.0 Å². The highest BCUT2D eigenvalue weighted by Gasteiger charge is 2.13. The molecule has 33 heavy (non-hydrogen) atoms. The van der Waals surface area contributed by atoms with E-state index >= 15 is 0 Å². The van der Waals surface area contributed by atoms with Crippen molar-refractivity contribution in [3.05, 3.63) is 104 Å². The van der Waals surface area contributed by atoms with Crippen LogP contribution in [0.2, 0.25) is 5.02 Å². The van der Waals surface area contributed by atoms with Crippen LogP contribution in [0, 0.1) is 21.4 Å². The van der Waals surface area contributed by atoms with Gasteiger partial charge in [-0.15, -0.1) is 0 Å². The molecule has 7 nitrogen and oxygen atoms in total. The fourth-order valence-corrected chi connectivity index (χ4v) is 3.36. The van der Waals surface area contributed by atoms with Crippen LogP contribution in [-0.4, -0.2) is 17.4 Å². The van der Waals surface area contributed by atoms with E-state index < -0.39 is 10.8 Å². The van der Waals surface area contributed by atoms with E-state index in [0.29, 0.717) is 29.4 Å². The Hall–Kier alpha value is -4.15. The van der Waals surface area contributed by atoms with Gasteiger partial charge in [0.15, 0.2) is 0 Å². The number of carbonyl (C=O) groups is 1. The Labute approximate surface area is 196 Å². The van der Waals surface area contributed by atoms with E-state index in [4.69, 9.17) is 16.3 Å². The molecule has 3 aromatic carbocycles. The van der Waals surface area contributed by atoms with Crippen LogP contribution in [0.4, 0.5) is 11.4 Å². The number of nitriles is 1. The zero-order chi connectivity index (χ0) is 23.8. The van der Waals surface area contributed by atoms with E-state index in [2.05, 4.69) is 5.32 Å². The van der Waals surface area contributed by atoms with Crippen molar-refractivity contribution < 1.29 is 14.5 Å². The molecule has 3 rings (SSSR count). The third-order valence-corrected chi connectivity index (χ3v) is 5.09. The Morgan fingerprint density at radius 3 is 2.64 bits per heavy atom. The summed E-state index contributed by atoms with van der Waals surface area (Å²) in [5.74, 6) is -0.0429. The Morgan fingerprint density at radius 2 is 1.94 bits per heavy atom. The highest BCUT2D eigenvalue weighted by Crippen LogP contribution is 2.27. The van der Waals surface area contributed by atoms with Gasteiger partial charge in [0.25, 0.3) is 11.6 Å². The molecule has 0 spiro atoms. The number of nitrogens with zero attached hydrogens (tertiary/aromatic N) is 2. The quantitative estimate of drug-likeness (QED) is 0.198. The topological polar surface area (TPSA) is 105 Å². The van der Waals surface area contributed by atoms with Crippen molar-refractivity contribution in [1.82, 2.24) is 0 Å². The van der Waals surface area contributed by atoms with Gasteiger partial charge in [0.05, 0.1) is 11.5 Å². The summed E-state index contributed by atoms with van der Waals surface area (Å²) < 4.78 is 5.78. The molecule has 0 unspecified atom stereocenters. The molecule has 0 aliphatic heterocycles. The van der Waals surface area contributed by atoms with Crippen molar-refractivity contribution in [3.63, 3.8) is 0 Å². The molecule has 1 N–H and O–H groups in total. The number of hydrogen-bond donors (Lipinski definition) is 1. The van der Waals surface area contributed by atoms with Gasteiger partial charge >= 0.3 is 0 Å². The second kappa shape index (κ2) is 10.9. The minimum Gasteiger partial charge on any atom is -0.494 e. The SMILES string of the molecule is CCOc1cc(/C=C(\C#N)C(=O)Nc2cccc([N+](=O)[O-])c2)ccc1Cc1ccccc1Cl. The van der Waals surface area contributed by atoms with Crippen molar-refractivity contribution in [1.29, 1.82) is 5.26 Å².